The van der Waals surface area contributed by atoms with Crippen LogP contribution in [-0.4, -0.2) is 33.6 Å². The van der Waals surface area contributed by atoms with E-state index in [1.807, 2.05) is 6.92 Å². The molecule has 2 amide bonds. The highest BCUT2D eigenvalue weighted by atomic mass is 16.4. The van der Waals surface area contributed by atoms with E-state index < -0.39 is 11.5 Å². The molecule has 1 aliphatic carbocycles. The Hall–Kier alpha value is -2.05. The van der Waals surface area contributed by atoms with Gasteiger partial charge in [0, 0.05) is 6.54 Å². The van der Waals surface area contributed by atoms with Crippen LogP contribution in [0.3, 0.4) is 0 Å². The fourth-order valence-corrected chi connectivity index (χ4v) is 2.12. The van der Waals surface area contributed by atoms with Crippen molar-refractivity contribution in [3.05, 3.63) is 17.7 Å². The van der Waals surface area contributed by atoms with E-state index >= 15 is 0 Å². The van der Waals surface area contributed by atoms with Crippen molar-refractivity contribution in [2.75, 3.05) is 6.54 Å². The summed E-state index contributed by atoms with van der Waals surface area (Å²) >= 11 is 0. The van der Waals surface area contributed by atoms with Crippen LogP contribution < -0.4 is 10.6 Å². The van der Waals surface area contributed by atoms with Gasteiger partial charge in [-0.3, -0.25) is 0 Å². The zero-order valence-electron chi connectivity index (χ0n) is 10.8. The Morgan fingerprint density at radius 1 is 1.53 bits per heavy atom. The van der Waals surface area contributed by atoms with Crippen LogP contribution >= 0.6 is 0 Å². The number of carboxylic acids is 1. The second-order valence-corrected chi connectivity index (χ2v) is 4.77. The van der Waals surface area contributed by atoms with Crippen molar-refractivity contribution < 1.29 is 14.7 Å². The van der Waals surface area contributed by atoms with Gasteiger partial charge in [0.2, 0.25) is 0 Å². The zero-order chi connectivity index (χ0) is 13.9. The molecule has 0 saturated heterocycles. The Bertz CT molecular complexity index is 479. The molecule has 1 saturated carbocycles. The fourth-order valence-electron chi connectivity index (χ4n) is 2.12. The largest absolute Gasteiger partial charge is 0.477 e. The van der Waals surface area contributed by atoms with Gasteiger partial charge in [-0.05, 0) is 25.7 Å². The number of aromatic carboxylic acids is 1. The number of aromatic nitrogens is 2. The first-order valence-electron chi connectivity index (χ1n) is 6.42. The molecule has 0 aromatic carbocycles. The molecule has 0 radical (unpaired) electrons. The van der Waals surface area contributed by atoms with Crippen molar-refractivity contribution in [2.24, 2.45) is 0 Å². The van der Waals surface area contributed by atoms with Crippen LogP contribution in [0.5, 0.6) is 0 Å². The number of carboxylic acid groups (broad SMARTS) is 1. The summed E-state index contributed by atoms with van der Waals surface area (Å²) in [4.78, 5) is 29.4. The first-order chi connectivity index (χ1) is 9.07. The van der Waals surface area contributed by atoms with E-state index in [1.54, 1.807) is 0 Å². The number of hydrogen-bond donors (Lipinski definition) is 4. The van der Waals surface area contributed by atoms with E-state index in [0.717, 1.165) is 25.7 Å². The maximum Gasteiger partial charge on any atom is 0.353 e. The number of hydrogen-bond acceptors (Lipinski definition) is 3. The Balaban J connectivity index is 2.08. The van der Waals surface area contributed by atoms with Crippen molar-refractivity contribution in [3.8, 4) is 0 Å². The van der Waals surface area contributed by atoms with E-state index in [0.29, 0.717) is 12.4 Å². The minimum absolute atomic E-state index is 0.0389. The molecule has 0 spiro atoms. The number of rotatable bonds is 5. The van der Waals surface area contributed by atoms with Gasteiger partial charge in [0.15, 0.2) is 0 Å². The van der Waals surface area contributed by atoms with Crippen LogP contribution in [-0.2, 0) is 5.54 Å². The lowest BCUT2D eigenvalue weighted by molar-refractivity contribution is 0.0690. The summed E-state index contributed by atoms with van der Waals surface area (Å²) in [7, 11) is 0. The Labute approximate surface area is 110 Å². The van der Waals surface area contributed by atoms with Crippen LogP contribution in [0.15, 0.2) is 6.20 Å². The van der Waals surface area contributed by atoms with Crippen LogP contribution in [0.25, 0.3) is 0 Å². The highest BCUT2D eigenvalue weighted by Gasteiger charge is 2.42. The third kappa shape index (κ3) is 2.69. The molecule has 4 N–H and O–H groups in total. The normalized spacial score (nSPS) is 16.5. The molecule has 0 bridgehead atoms. The number of carbonyl (C=O) groups is 2. The molecule has 7 heteroatoms. The molecule has 104 valence electrons. The number of nitrogens with zero attached hydrogens (tertiary/aromatic N) is 1. The van der Waals surface area contributed by atoms with E-state index in [9.17, 15) is 9.59 Å². The van der Waals surface area contributed by atoms with Gasteiger partial charge in [-0.25, -0.2) is 14.6 Å². The van der Waals surface area contributed by atoms with Gasteiger partial charge in [-0.15, -0.1) is 0 Å². The average Bonchev–Trinajstić information content (AvgIpc) is 2.81. The van der Waals surface area contributed by atoms with Crippen molar-refractivity contribution in [1.82, 2.24) is 20.6 Å². The van der Waals surface area contributed by atoms with Crippen LogP contribution in [0, 0.1) is 0 Å². The molecule has 1 aromatic heterocycles. The second kappa shape index (κ2) is 5.29. The number of urea groups is 1. The lowest BCUT2D eigenvalue weighted by Crippen LogP contribution is -2.54. The predicted molar refractivity (Wildman–Crippen MR) is 67.9 cm³/mol. The number of imidazole rings is 1. The highest BCUT2D eigenvalue weighted by molar-refractivity contribution is 5.85. The van der Waals surface area contributed by atoms with Gasteiger partial charge < -0.3 is 20.7 Å². The lowest BCUT2D eigenvalue weighted by Gasteiger charge is -2.40. The average molecular weight is 266 g/mol. The quantitative estimate of drug-likeness (QED) is 0.642. The summed E-state index contributed by atoms with van der Waals surface area (Å²) in [6.45, 7) is 2.59. The molecule has 1 fully saturated rings. The topological polar surface area (TPSA) is 107 Å². The molecule has 1 aromatic rings. The molecule has 7 nitrogen and oxygen atoms in total. The third-order valence-electron chi connectivity index (χ3n) is 3.35. The Morgan fingerprint density at radius 3 is 2.74 bits per heavy atom. The molecule has 0 unspecified atom stereocenters. The first-order valence-corrected chi connectivity index (χ1v) is 6.42. The monoisotopic (exact) mass is 266 g/mol. The molecule has 0 aliphatic heterocycles. The maximum absolute atomic E-state index is 11.7. The van der Waals surface area contributed by atoms with Crippen LogP contribution in [0.2, 0.25) is 0 Å². The van der Waals surface area contributed by atoms with E-state index in [-0.39, 0.29) is 11.7 Å². The Kier molecular flexibility index (Phi) is 3.73. The third-order valence-corrected chi connectivity index (χ3v) is 3.35. The summed E-state index contributed by atoms with van der Waals surface area (Å²) in [6, 6.07) is -0.241. The van der Waals surface area contributed by atoms with E-state index in [4.69, 9.17) is 5.11 Å². The Morgan fingerprint density at radius 2 is 2.26 bits per heavy atom. The molecular weight excluding hydrogens is 248 g/mol. The van der Waals surface area contributed by atoms with Gasteiger partial charge >= 0.3 is 12.0 Å². The zero-order valence-corrected chi connectivity index (χ0v) is 10.8. The summed E-state index contributed by atoms with van der Waals surface area (Å²) < 4.78 is 0. The summed E-state index contributed by atoms with van der Waals surface area (Å²) in [6.07, 6.45) is 4.66. The number of amides is 2. The standard InChI is InChI=1S/C12H18N4O3/c1-2-6-13-11(19)16-12(4-3-5-12)10-14-7-8(15-10)9(17)18/h7H,2-6H2,1H3,(H,14,15)(H,17,18)(H2,13,16,19). The number of nitrogens with one attached hydrogen (secondary N) is 3. The van der Waals surface area contributed by atoms with Gasteiger partial charge in [0.1, 0.15) is 11.5 Å². The molecule has 1 aliphatic rings. The minimum Gasteiger partial charge on any atom is -0.477 e. The smallest absolute Gasteiger partial charge is 0.353 e. The molecular formula is C12H18N4O3. The first kappa shape index (κ1) is 13.4. The van der Waals surface area contributed by atoms with Gasteiger partial charge in [0.05, 0.1) is 11.7 Å². The fraction of sp³-hybridized carbons (Fsp3) is 0.583. The second-order valence-electron chi connectivity index (χ2n) is 4.77. The number of aromatic amines is 1. The van der Waals surface area contributed by atoms with Gasteiger partial charge in [-0.1, -0.05) is 6.92 Å². The summed E-state index contributed by atoms with van der Waals surface area (Å²) in [5, 5.41) is 14.5. The SMILES string of the molecule is CCCNC(=O)NC1(c2ncc(C(=O)O)[nH]2)CCC1. The van der Waals surface area contributed by atoms with E-state index in [1.165, 1.54) is 6.20 Å². The van der Waals surface area contributed by atoms with Crippen molar-refractivity contribution in [1.29, 1.82) is 0 Å². The molecule has 2 rings (SSSR count). The van der Waals surface area contributed by atoms with E-state index in [2.05, 4.69) is 20.6 Å². The highest BCUT2D eigenvalue weighted by Crippen LogP contribution is 2.39. The van der Waals surface area contributed by atoms with Crippen LogP contribution in [0.1, 0.15) is 48.9 Å². The minimum atomic E-state index is -1.05. The maximum atomic E-state index is 11.7. The predicted octanol–water partition coefficient (Wildman–Crippen LogP) is 1.20. The number of carbonyl (C=O) groups excluding carboxylic acids is 1. The number of H-pyrrole nitrogens is 1. The molecule has 0 atom stereocenters. The van der Waals surface area contributed by atoms with Gasteiger partial charge in [0.25, 0.3) is 0 Å². The lowest BCUT2D eigenvalue weighted by atomic mass is 9.76. The van der Waals surface area contributed by atoms with Gasteiger partial charge in [-0.2, -0.15) is 0 Å². The van der Waals surface area contributed by atoms with Crippen LogP contribution in [0.4, 0.5) is 4.79 Å². The van der Waals surface area contributed by atoms with Crippen molar-refractivity contribution in [3.63, 3.8) is 0 Å². The molecule has 19 heavy (non-hydrogen) atoms. The van der Waals surface area contributed by atoms with Crippen molar-refractivity contribution in [2.45, 2.75) is 38.1 Å². The van der Waals surface area contributed by atoms with Crippen molar-refractivity contribution >= 4 is 12.0 Å². The molecule has 1 heterocycles. The summed E-state index contributed by atoms with van der Waals surface area (Å²) in [5.41, 5.74) is -0.511. The summed E-state index contributed by atoms with van der Waals surface area (Å²) in [5.74, 6) is -0.536.